The largest absolute Gasteiger partial charge is 0.374 e. The summed E-state index contributed by atoms with van der Waals surface area (Å²) in [6.45, 7) is 2.85. The van der Waals surface area contributed by atoms with E-state index in [1.54, 1.807) is 0 Å². The second kappa shape index (κ2) is 3.81. The van der Waals surface area contributed by atoms with Gasteiger partial charge in [0.15, 0.2) is 0 Å². The maximum atomic E-state index is 5.64. The van der Waals surface area contributed by atoms with E-state index >= 15 is 0 Å². The minimum atomic E-state index is 0.535. The molecule has 0 N–H and O–H groups in total. The summed E-state index contributed by atoms with van der Waals surface area (Å²) < 4.78 is 6.80. The molecule has 2 rings (SSSR count). The summed E-state index contributed by atoms with van der Waals surface area (Å²) in [6.07, 6.45) is 3.01. The Balaban J connectivity index is 2.03. The molecule has 2 heteroatoms. The molecule has 0 unspecified atom stereocenters. The SMILES string of the molecule is Cc1ccc(Br)c(COC2CC2)c1. The first kappa shape index (κ1) is 9.22. The van der Waals surface area contributed by atoms with Crippen molar-refractivity contribution in [3.8, 4) is 0 Å². The van der Waals surface area contributed by atoms with Crippen molar-refractivity contribution in [1.29, 1.82) is 0 Å². The van der Waals surface area contributed by atoms with E-state index in [4.69, 9.17) is 4.74 Å². The van der Waals surface area contributed by atoms with Crippen LogP contribution in [0.3, 0.4) is 0 Å². The van der Waals surface area contributed by atoms with E-state index in [1.807, 2.05) is 0 Å². The van der Waals surface area contributed by atoms with Crippen molar-refractivity contribution in [2.45, 2.75) is 32.5 Å². The Morgan fingerprint density at radius 1 is 1.46 bits per heavy atom. The van der Waals surface area contributed by atoms with Gasteiger partial charge in [-0.15, -0.1) is 0 Å². The molecule has 1 aromatic rings. The lowest BCUT2D eigenvalue weighted by atomic mass is 10.1. The molecule has 1 nitrogen and oxygen atoms in total. The first-order valence-electron chi connectivity index (χ1n) is 4.62. The van der Waals surface area contributed by atoms with E-state index in [-0.39, 0.29) is 0 Å². The van der Waals surface area contributed by atoms with Gasteiger partial charge in [-0.05, 0) is 31.4 Å². The highest BCUT2D eigenvalue weighted by atomic mass is 79.9. The van der Waals surface area contributed by atoms with Gasteiger partial charge in [-0.2, -0.15) is 0 Å². The Hall–Kier alpha value is -0.340. The summed E-state index contributed by atoms with van der Waals surface area (Å²) in [5.74, 6) is 0. The zero-order chi connectivity index (χ0) is 9.26. The third-order valence-electron chi connectivity index (χ3n) is 2.20. The van der Waals surface area contributed by atoms with E-state index in [2.05, 4.69) is 41.1 Å². The number of halogens is 1. The van der Waals surface area contributed by atoms with Gasteiger partial charge < -0.3 is 4.74 Å². The van der Waals surface area contributed by atoms with E-state index in [1.165, 1.54) is 24.0 Å². The van der Waals surface area contributed by atoms with Crippen LogP contribution in [0.15, 0.2) is 22.7 Å². The first-order chi connectivity index (χ1) is 6.25. The van der Waals surface area contributed by atoms with Crippen LogP contribution in [-0.4, -0.2) is 6.10 Å². The van der Waals surface area contributed by atoms with Gasteiger partial charge in [0.25, 0.3) is 0 Å². The Morgan fingerprint density at radius 3 is 2.92 bits per heavy atom. The minimum Gasteiger partial charge on any atom is -0.374 e. The molecule has 1 fully saturated rings. The van der Waals surface area contributed by atoms with Crippen molar-refractivity contribution < 1.29 is 4.74 Å². The topological polar surface area (TPSA) is 9.23 Å². The van der Waals surface area contributed by atoms with Crippen LogP contribution in [0.4, 0.5) is 0 Å². The highest BCUT2D eigenvalue weighted by Crippen LogP contribution is 2.26. The lowest BCUT2D eigenvalue weighted by molar-refractivity contribution is 0.105. The summed E-state index contributed by atoms with van der Waals surface area (Å²) in [5, 5.41) is 0. The van der Waals surface area contributed by atoms with Crippen molar-refractivity contribution >= 4 is 15.9 Å². The van der Waals surface area contributed by atoms with Gasteiger partial charge in [-0.3, -0.25) is 0 Å². The Kier molecular flexibility index (Phi) is 2.70. The van der Waals surface area contributed by atoms with Gasteiger partial charge in [0.2, 0.25) is 0 Å². The molecule has 0 radical (unpaired) electrons. The lowest BCUT2D eigenvalue weighted by Gasteiger charge is -2.05. The van der Waals surface area contributed by atoms with Crippen molar-refractivity contribution in [2.24, 2.45) is 0 Å². The molecule has 70 valence electrons. The van der Waals surface area contributed by atoms with Crippen molar-refractivity contribution in [3.63, 3.8) is 0 Å². The molecule has 0 atom stereocenters. The van der Waals surface area contributed by atoms with Gasteiger partial charge in [0.05, 0.1) is 12.7 Å². The second-order valence-corrected chi connectivity index (χ2v) is 4.46. The number of ether oxygens (including phenoxy) is 1. The predicted molar refractivity (Wildman–Crippen MR) is 56.7 cm³/mol. The fourth-order valence-electron chi connectivity index (χ4n) is 1.26. The van der Waals surface area contributed by atoms with Crippen LogP contribution in [0.5, 0.6) is 0 Å². The van der Waals surface area contributed by atoms with Gasteiger partial charge in [-0.1, -0.05) is 33.6 Å². The first-order valence-corrected chi connectivity index (χ1v) is 5.41. The number of benzene rings is 1. The summed E-state index contributed by atoms with van der Waals surface area (Å²) >= 11 is 3.52. The molecule has 1 saturated carbocycles. The number of hydrogen-bond acceptors (Lipinski definition) is 1. The Morgan fingerprint density at radius 2 is 2.23 bits per heavy atom. The van der Waals surface area contributed by atoms with Crippen LogP contribution in [0.2, 0.25) is 0 Å². The van der Waals surface area contributed by atoms with E-state index < -0.39 is 0 Å². The third kappa shape index (κ3) is 2.55. The number of rotatable bonds is 3. The fourth-order valence-corrected chi connectivity index (χ4v) is 1.62. The molecule has 0 aromatic heterocycles. The van der Waals surface area contributed by atoms with Gasteiger partial charge >= 0.3 is 0 Å². The second-order valence-electron chi connectivity index (χ2n) is 3.61. The molecule has 1 aliphatic carbocycles. The number of hydrogen-bond donors (Lipinski definition) is 0. The van der Waals surface area contributed by atoms with Gasteiger partial charge in [-0.25, -0.2) is 0 Å². The lowest BCUT2D eigenvalue weighted by Crippen LogP contribution is -1.95. The normalized spacial score (nSPS) is 16.2. The molecule has 0 aliphatic heterocycles. The standard InChI is InChI=1S/C11H13BrO/c1-8-2-5-11(12)9(6-8)7-13-10-3-4-10/h2,5-6,10H,3-4,7H2,1H3. The van der Waals surface area contributed by atoms with Crippen molar-refractivity contribution in [2.75, 3.05) is 0 Å². The van der Waals surface area contributed by atoms with E-state index in [9.17, 15) is 0 Å². The molecular weight excluding hydrogens is 228 g/mol. The Labute approximate surface area is 87.2 Å². The van der Waals surface area contributed by atoms with Crippen molar-refractivity contribution in [1.82, 2.24) is 0 Å². The molecule has 0 spiro atoms. The van der Waals surface area contributed by atoms with Gasteiger partial charge in [0.1, 0.15) is 0 Å². The molecule has 1 aromatic carbocycles. The quantitative estimate of drug-likeness (QED) is 0.787. The summed E-state index contributed by atoms with van der Waals surface area (Å²) in [7, 11) is 0. The highest BCUT2D eigenvalue weighted by molar-refractivity contribution is 9.10. The van der Waals surface area contributed by atoms with Crippen LogP contribution in [0, 0.1) is 6.92 Å². The average Bonchev–Trinajstić information content (AvgIpc) is 2.90. The number of aryl methyl sites for hydroxylation is 1. The predicted octanol–water partition coefficient (Wildman–Crippen LogP) is 3.44. The van der Waals surface area contributed by atoms with E-state index in [0.717, 1.165) is 11.1 Å². The van der Waals surface area contributed by atoms with Crippen molar-refractivity contribution in [3.05, 3.63) is 33.8 Å². The third-order valence-corrected chi connectivity index (χ3v) is 2.97. The Bertz CT molecular complexity index is 305. The molecule has 1 aliphatic rings. The molecule has 0 amide bonds. The molecule has 0 heterocycles. The smallest absolute Gasteiger partial charge is 0.0731 e. The fraction of sp³-hybridized carbons (Fsp3) is 0.455. The molecule has 0 bridgehead atoms. The van der Waals surface area contributed by atoms with Crippen LogP contribution >= 0.6 is 15.9 Å². The minimum absolute atomic E-state index is 0.535. The average molecular weight is 241 g/mol. The maximum Gasteiger partial charge on any atom is 0.0731 e. The van der Waals surface area contributed by atoms with Crippen LogP contribution in [0.25, 0.3) is 0 Å². The summed E-state index contributed by atoms with van der Waals surface area (Å²) in [6, 6.07) is 6.36. The monoisotopic (exact) mass is 240 g/mol. The van der Waals surface area contributed by atoms with Crippen LogP contribution in [-0.2, 0) is 11.3 Å². The van der Waals surface area contributed by atoms with E-state index in [0.29, 0.717) is 6.10 Å². The summed E-state index contributed by atoms with van der Waals surface area (Å²) in [4.78, 5) is 0. The zero-order valence-corrected chi connectivity index (χ0v) is 9.30. The molecular formula is C11H13BrO. The van der Waals surface area contributed by atoms with Crippen LogP contribution in [0.1, 0.15) is 24.0 Å². The molecule has 13 heavy (non-hydrogen) atoms. The maximum absolute atomic E-state index is 5.64. The summed E-state index contributed by atoms with van der Waals surface area (Å²) in [5.41, 5.74) is 2.55. The van der Waals surface area contributed by atoms with Crippen LogP contribution < -0.4 is 0 Å². The van der Waals surface area contributed by atoms with Gasteiger partial charge in [0, 0.05) is 4.47 Å². The zero-order valence-electron chi connectivity index (χ0n) is 7.72. The molecule has 0 saturated heterocycles. The highest BCUT2D eigenvalue weighted by Gasteiger charge is 2.22.